The predicted molar refractivity (Wildman–Crippen MR) is 91.1 cm³/mol. The Balaban J connectivity index is 1.42. The lowest BCUT2D eigenvalue weighted by atomic mass is 10.1. The van der Waals surface area contributed by atoms with E-state index in [1.54, 1.807) is 0 Å². The molecule has 2 heterocycles. The molecule has 120 valence electrons. The van der Waals surface area contributed by atoms with Crippen molar-refractivity contribution in [3.05, 3.63) is 66.0 Å². The van der Waals surface area contributed by atoms with Crippen molar-refractivity contribution in [3.63, 3.8) is 0 Å². The molecule has 4 nitrogen and oxygen atoms in total. The summed E-state index contributed by atoms with van der Waals surface area (Å²) >= 11 is 0. The number of carbonyl (C=O) groups excluding carboxylic acids is 1. The smallest absolute Gasteiger partial charge is 0.227 e. The summed E-state index contributed by atoms with van der Waals surface area (Å²) in [5.41, 5.74) is 2.42. The first kappa shape index (κ1) is 15.7. The van der Waals surface area contributed by atoms with E-state index >= 15 is 0 Å². The first-order valence-electron chi connectivity index (χ1n) is 8.24. The summed E-state index contributed by atoms with van der Waals surface area (Å²) in [5, 5.41) is 0. The second-order valence-electron chi connectivity index (χ2n) is 5.99. The van der Waals surface area contributed by atoms with Crippen LogP contribution in [0.2, 0.25) is 0 Å². The van der Waals surface area contributed by atoms with Gasteiger partial charge in [0.2, 0.25) is 5.91 Å². The lowest BCUT2D eigenvalue weighted by Gasteiger charge is -2.34. The third-order valence-electron chi connectivity index (χ3n) is 4.39. The van der Waals surface area contributed by atoms with Crippen LogP contribution in [0.1, 0.15) is 11.1 Å². The molecule has 0 radical (unpaired) electrons. The molecule has 1 amide bonds. The monoisotopic (exact) mass is 309 g/mol. The van der Waals surface area contributed by atoms with Crippen LogP contribution in [-0.2, 0) is 17.6 Å². The molecular weight excluding hydrogens is 286 g/mol. The first-order chi connectivity index (χ1) is 11.3. The lowest BCUT2D eigenvalue weighted by Crippen LogP contribution is -2.49. The molecule has 3 rings (SSSR count). The molecule has 1 aliphatic heterocycles. The number of aromatic nitrogens is 1. The van der Waals surface area contributed by atoms with Crippen LogP contribution in [-0.4, -0.2) is 53.4 Å². The molecule has 0 atom stereocenters. The van der Waals surface area contributed by atoms with Crippen LogP contribution in [0.5, 0.6) is 0 Å². The summed E-state index contributed by atoms with van der Waals surface area (Å²) < 4.78 is 0. The summed E-state index contributed by atoms with van der Waals surface area (Å²) in [4.78, 5) is 20.8. The van der Waals surface area contributed by atoms with Gasteiger partial charge in [-0.15, -0.1) is 0 Å². The molecule has 1 fully saturated rings. The third kappa shape index (κ3) is 4.63. The summed E-state index contributed by atoms with van der Waals surface area (Å²) in [7, 11) is 0. The van der Waals surface area contributed by atoms with Crippen molar-refractivity contribution in [2.24, 2.45) is 0 Å². The number of amides is 1. The Bertz CT molecular complexity index is 607. The summed E-state index contributed by atoms with van der Waals surface area (Å²) in [5.74, 6) is 0.241. The molecular formula is C19H23N3O. The van der Waals surface area contributed by atoms with Gasteiger partial charge in [0, 0.05) is 45.1 Å². The normalized spacial score (nSPS) is 15.6. The Morgan fingerprint density at radius 2 is 1.61 bits per heavy atom. The first-order valence-corrected chi connectivity index (χ1v) is 8.24. The number of piperazine rings is 1. The van der Waals surface area contributed by atoms with Crippen molar-refractivity contribution >= 4 is 5.91 Å². The number of rotatable bonds is 5. The van der Waals surface area contributed by atoms with Crippen LogP contribution in [0.3, 0.4) is 0 Å². The fourth-order valence-corrected chi connectivity index (χ4v) is 2.94. The fourth-order valence-electron chi connectivity index (χ4n) is 2.94. The highest BCUT2D eigenvalue weighted by Crippen LogP contribution is 2.08. The van der Waals surface area contributed by atoms with Gasteiger partial charge in [0.25, 0.3) is 0 Å². The van der Waals surface area contributed by atoms with Gasteiger partial charge < -0.3 is 4.90 Å². The second-order valence-corrected chi connectivity index (χ2v) is 5.99. The third-order valence-corrected chi connectivity index (χ3v) is 4.39. The van der Waals surface area contributed by atoms with Gasteiger partial charge in [0.1, 0.15) is 0 Å². The van der Waals surface area contributed by atoms with E-state index in [2.05, 4.69) is 22.0 Å². The van der Waals surface area contributed by atoms with Crippen LogP contribution in [0, 0.1) is 0 Å². The van der Waals surface area contributed by atoms with E-state index in [1.165, 1.54) is 5.56 Å². The number of hydrogen-bond acceptors (Lipinski definition) is 3. The highest BCUT2D eigenvalue weighted by molar-refractivity contribution is 5.78. The maximum Gasteiger partial charge on any atom is 0.227 e. The summed E-state index contributed by atoms with van der Waals surface area (Å²) in [6.45, 7) is 4.64. The van der Waals surface area contributed by atoms with Crippen molar-refractivity contribution in [1.82, 2.24) is 14.8 Å². The molecule has 1 aromatic carbocycles. The van der Waals surface area contributed by atoms with Gasteiger partial charge in [-0.25, -0.2) is 0 Å². The van der Waals surface area contributed by atoms with Crippen LogP contribution >= 0.6 is 0 Å². The second kappa shape index (κ2) is 7.88. The average Bonchev–Trinajstić information content (AvgIpc) is 2.62. The summed E-state index contributed by atoms with van der Waals surface area (Å²) in [6, 6.07) is 14.1. The van der Waals surface area contributed by atoms with Gasteiger partial charge in [0.15, 0.2) is 0 Å². The Morgan fingerprint density at radius 3 is 2.30 bits per heavy atom. The Hall–Kier alpha value is -2.20. The quantitative estimate of drug-likeness (QED) is 0.848. The zero-order valence-electron chi connectivity index (χ0n) is 13.4. The molecule has 0 unspecified atom stereocenters. The van der Waals surface area contributed by atoms with E-state index < -0.39 is 0 Å². The molecule has 0 N–H and O–H groups in total. The Labute approximate surface area is 137 Å². The molecule has 0 saturated carbocycles. The van der Waals surface area contributed by atoms with E-state index in [1.807, 2.05) is 47.6 Å². The minimum absolute atomic E-state index is 0.241. The molecule has 4 heteroatoms. The van der Waals surface area contributed by atoms with Crippen molar-refractivity contribution in [2.45, 2.75) is 12.8 Å². The highest BCUT2D eigenvalue weighted by Gasteiger charge is 2.20. The van der Waals surface area contributed by atoms with Crippen molar-refractivity contribution in [3.8, 4) is 0 Å². The fraction of sp³-hybridized carbons (Fsp3) is 0.368. The standard InChI is InChI=1S/C19H23N3O/c23-19(16-18-4-2-1-3-5-18)22-14-12-21(13-15-22)11-8-17-6-9-20-10-7-17/h1-7,9-10H,8,11-16H2. The average molecular weight is 309 g/mol. The van der Waals surface area contributed by atoms with Gasteiger partial charge in [-0.05, 0) is 29.7 Å². The van der Waals surface area contributed by atoms with Gasteiger partial charge in [-0.3, -0.25) is 14.7 Å². The molecule has 23 heavy (non-hydrogen) atoms. The highest BCUT2D eigenvalue weighted by atomic mass is 16.2. The molecule has 0 bridgehead atoms. The maximum atomic E-state index is 12.4. The lowest BCUT2D eigenvalue weighted by molar-refractivity contribution is -0.132. The van der Waals surface area contributed by atoms with E-state index in [4.69, 9.17) is 0 Å². The molecule has 1 aromatic heterocycles. The Kier molecular flexibility index (Phi) is 5.37. The molecule has 0 spiro atoms. The maximum absolute atomic E-state index is 12.4. The van der Waals surface area contributed by atoms with E-state index in [0.717, 1.165) is 44.7 Å². The van der Waals surface area contributed by atoms with Gasteiger partial charge in [-0.2, -0.15) is 0 Å². The van der Waals surface area contributed by atoms with Crippen LogP contribution in [0.25, 0.3) is 0 Å². The number of hydrogen-bond donors (Lipinski definition) is 0. The number of benzene rings is 1. The zero-order chi connectivity index (χ0) is 15.9. The van der Waals surface area contributed by atoms with Crippen LogP contribution in [0.4, 0.5) is 0 Å². The number of pyridine rings is 1. The largest absolute Gasteiger partial charge is 0.340 e. The van der Waals surface area contributed by atoms with Gasteiger partial charge in [-0.1, -0.05) is 30.3 Å². The zero-order valence-corrected chi connectivity index (χ0v) is 13.4. The van der Waals surface area contributed by atoms with Crippen molar-refractivity contribution in [1.29, 1.82) is 0 Å². The molecule has 0 aliphatic carbocycles. The van der Waals surface area contributed by atoms with Crippen molar-refractivity contribution < 1.29 is 4.79 Å². The predicted octanol–water partition coefficient (Wildman–Crippen LogP) is 2.01. The summed E-state index contributed by atoms with van der Waals surface area (Å²) in [6.07, 6.45) is 5.24. The van der Waals surface area contributed by atoms with Gasteiger partial charge in [0.05, 0.1) is 6.42 Å². The van der Waals surface area contributed by atoms with Gasteiger partial charge >= 0.3 is 0 Å². The Morgan fingerprint density at radius 1 is 0.913 bits per heavy atom. The van der Waals surface area contributed by atoms with Crippen LogP contribution < -0.4 is 0 Å². The molecule has 2 aromatic rings. The molecule has 1 saturated heterocycles. The van der Waals surface area contributed by atoms with Crippen molar-refractivity contribution in [2.75, 3.05) is 32.7 Å². The van der Waals surface area contributed by atoms with E-state index in [9.17, 15) is 4.79 Å². The minimum Gasteiger partial charge on any atom is -0.340 e. The number of carbonyl (C=O) groups is 1. The van der Waals surface area contributed by atoms with E-state index in [0.29, 0.717) is 6.42 Å². The minimum atomic E-state index is 0.241. The molecule has 1 aliphatic rings. The van der Waals surface area contributed by atoms with Crippen LogP contribution in [0.15, 0.2) is 54.9 Å². The SMILES string of the molecule is O=C(Cc1ccccc1)N1CCN(CCc2ccncc2)CC1. The number of nitrogens with zero attached hydrogens (tertiary/aromatic N) is 3. The topological polar surface area (TPSA) is 36.4 Å². The van der Waals surface area contributed by atoms with E-state index in [-0.39, 0.29) is 5.91 Å².